The summed E-state index contributed by atoms with van der Waals surface area (Å²) < 4.78 is 13.5. The van der Waals surface area contributed by atoms with Gasteiger partial charge in [-0.2, -0.15) is 0 Å². The molecule has 0 bridgehead atoms. The summed E-state index contributed by atoms with van der Waals surface area (Å²) in [6.45, 7) is 4.49. The second-order valence-corrected chi connectivity index (χ2v) is 4.78. The van der Waals surface area contributed by atoms with Crippen LogP contribution in [0.15, 0.2) is 16.6 Å². The van der Waals surface area contributed by atoms with Gasteiger partial charge in [-0.1, -0.05) is 0 Å². The summed E-state index contributed by atoms with van der Waals surface area (Å²) in [5, 5.41) is 12.9. The molecule has 0 radical (unpaired) electrons. The number of nitrogens with one attached hydrogen (secondary N) is 1. The van der Waals surface area contributed by atoms with Crippen molar-refractivity contribution in [2.75, 3.05) is 26.2 Å². The van der Waals surface area contributed by atoms with E-state index in [4.69, 9.17) is 0 Å². The minimum atomic E-state index is -0.429. The van der Waals surface area contributed by atoms with Crippen molar-refractivity contribution in [2.45, 2.75) is 6.54 Å². The Kier molecular flexibility index (Phi) is 3.78. The Morgan fingerprint density at radius 3 is 2.75 bits per heavy atom. The number of hydrogen-bond acceptors (Lipinski definition) is 3. The van der Waals surface area contributed by atoms with Crippen molar-refractivity contribution in [2.24, 2.45) is 0 Å². The van der Waals surface area contributed by atoms with Crippen LogP contribution >= 0.6 is 15.9 Å². The van der Waals surface area contributed by atoms with Crippen LogP contribution in [-0.4, -0.2) is 36.2 Å². The van der Waals surface area contributed by atoms with Crippen LogP contribution in [0.1, 0.15) is 5.56 Å². The summed E-state index contributed by atoms with van der Waals surface area (Å²) in [5.41, 5.74) is 0.759. The molecule has 1 aliphatic rings. The molecule has 2 rings (SSSR count). The molecule has 16 heavy (non-hydrogen) atoms. The molecule has 0 aliphatic carbocycles. The van der Waals surface area contributed by atoms with Gasteiger partial charge in [0.2, 0.25) is 0 Å². The minimum absolute atomic E-state index is 0.0271. The van der Waals surface area contributed by atoms with Crippen molar-refractivity contribution in [3.05, 3.63) is 28.0 Å². The average molecular weight is 289 g/mol. The van der Waals surface area contributed by atoms with Crippen LogP contribution in [-0.2, 0) is 6.54 Å². The molecule has 1 saturated heterocycles. The Bertz CT molecular complexity index is 380. The molecule has 1 aromatic carbocycles. The molecule has 5 heteroatoms. The third kappa shape index (κ3) is 2.72. The lowest BCUT2D eigenvalue weighted by molar-refractivity contribution is 0.230. The van der Waals surface area contributed by atoms with E-state index in [0.29, 0.717) is 11.0 Å². The quantitative estimate of drug-likeness (QED) is 0.870. The van der Waals surface area contributed by atoms with Gasteiger partial charge < -0.3 is 10.4 Å². The second kappa shape index (κ2) is 5.12. The third-order valence-electron chi connectivity index (χ3n) is 2.73. The van der Waals surface area contributed by atoms with Crippen molar-refractivity contribution in [1.82, 2.24) is 10.2 Å². The van der Waals surface area contributed by atoms with Crippen molar-refractivity contribution in [3.8, 4) is 5.75 Å². The van der Waals surface area contributed by atoms with E-state index in [1.54, 1.807) is 6.07 Å². The summed E-state index contributed by atoms with van der Waals surface area (Å²) in [6, 6.07) is 2.80. The second-order valence-electron chi connectivity index (χ2n) is 3.92. The fourth-order valence-electron chi connectivity index (χ4n) is 1.81. The standard InChI is InChI=1S/C11H14BrFN2O/c12-9-5-8(11(16)6-10(9)13)7-15-3-1-14-2-4-15/h5-6,14,16H,1-4,7H2. The molecular weight excluding hydrogens is 275 g/mol. The van der Waals surface area contributed by atoms with Gasteiger partial charge in [0.25, 0.3) is 0 Å². The highest BCUT2D eigenvalue weighted by Crippen LogP contribution is 2.26. The van der Waals surface area contributed by atoms with Crippen LogP contribution in [0, 0.1) is 5.82 Å². The van der Waals surface area contributed by atoms with Gasteiger partial charge in [0.1, 0.15) is 11.6 Å². The first kappa shape index (κ1) is 11.8. The zero-order valence-electron chi connectivity index (χ0n) is 8.84. The summed E-state index contributed by atoms with van der Waals surface area (Å²) in [6.07, 6.45) is 0. The Morgan fingerprint density at radius 1 is 1.38 bits per heavy atom. The molecule has 88 valence electrons. The lowest BCUT2D eigenvalue weighted by Crippen LogP contribution is -2.42. The molecule has 2 N–H and O–H groups in total. The fraction of sp³-hybridized carbons (Fsp3) is 0.455. The zero-order chi connectivity index (χ0) is 11.5. The van der Waals surface area contributed by atoms with Gasteiger partial charge in [0, 0.05) is 44.4 Å². The van der Waals surface area contributed by atoms with Gasteiger partial charge in [0.15, 0.2) is 0 Å². The van der Waals surface area contributed by atoms with E-state index >= 15 is 0 Å². The van der Waals surface area contributed by atoms with E-state index in [1.165, 1.54) is 0 Å². The Morgan fingerprint density at radius 2 is 2.06 bits per heavy atom. The van der Waals surface area contributed by atoms with Gasteiger partial charge in [-0.25, -0.2) is 4.39 Å². The number of hydrogen-bond donors (Lipinski definition) is 2. The largest absolute Gasteiger partial charge is 0.508 e. The third-order valence-corrected chi connectivity index (χ3v) is 3.33. The van der Waals surface area contributed by atoms with Crippen molar-refractivity contribution in [3.63, 3.8) is 0 Å². The van der Waals surface area contributed by atoms with Crippen molar-refractivity contribution < 1.29 is 9.50 Å². The lowest BCUT2D eigenvalue weighted by atomic mass is 10.1. The normalized spacial score (nSPS) is 17.6. The number of nitrogens with zero attached hydrogens (tertiary/aromatic N) is 1. The SMILES string of the molecule is Oc1cc(F)c(Br)cc1CN1CCNCC1. The van der Waals surface area contributed by atoms with E-state index in [2.05, 4.69) is 26.1 Å². The number of piperazine rings is 1. The van der Waals surface area contributed by atoms with Crippen molar-refractivity contribution >= 4 is 15.9 Å². The van der Waals surface area contributed by atoms with Gasteiger partial charge >= 0.3 is 0 Å². The molecule has 0 atom stereocenters. The molecule has 0 amide bonds. The molecule has 0 saturated carbocycles. The monoisotopic (exact) mass is 288 g/mol. The molecule has 1 heterocycles. The molecular formula is C11H14BrFN2O. The van der Waals surface area contributed by atoms with E-state index in [-0.39, 0.29) is 5.75 Å². The number of halogens is 2. The first-order valence-electron chi connectivity index (χ1n) is 5.27. The highest BCUT2D eigenvalue weighted by Gasteiger charge is 2.13. The molecule has 1 aromatic rings. The molecule has 3 nitrogen and oxygen atoms in total. The van der Waals surface area contributed by atoms with Crippen LogP contribution in [0.25, 0.3) is 0 Å². The van der Waals surface area contributed by atoms with Crippen LogP contribution in [0.3, 0.4) is 0 Å². The van der Waals surface area contributed by atoms with E-state index < -0.39 is 5.82 Å². The van der Waals surface area contributed by atoms with Crippen LogP contribution < -0.4 is 5.32 Å². The maximum Gasteiger partial charge on any atom is 0.141 e. The van der Waals surface area contributed by atoms with E-state index in [9.17, 15) is 9.50 Å². The maximum atomic E-state index is 13.1. The summed E-state index contributed by atoms with van der Waals surface area (Å²) in [5.74, 6) is -0.402. The molecule has 0 spiro atoms. The number of aromatic hydroxyl groups is 1. The molecule has 0 aromatic heterocycles. The smallest absolute Gasteiger partial charge is 0.141 e. The van der Waals surface area contributed by atoms with Gasteiger partial charge in [-0.3, -0.25) is 4.90 Å². The van der Waals surface area contributed by atoms with Gasteiger partial charge in [-0.05, 0) is 22.0 Å². The maximum absolute atomic E-state index is 13.1. The van der Waals surface area contributed by atoms with Crippen LogP contribution in [0.5, 0.6) is 5.75 Å². The minimum Gasteiger partial charge on any atom is -0.508 e. The Balaban J connectivity index is 2.11. The predicted octanol–water partition coefficient (Wildman–Crippen LogP) is 1.70. The number of rotatable bonds is 2. The van der Waals surface area contributed by atoms with E-state index in [0.717, 1.165) is 37.8 Å². The predicted molar refractivity (Wildman–Crippen MR) is 63.9 cm³/mol. The Labute approximate surface area is 102 Å². The van der Waals surface area contributed by atoms with Gasteiger partial charge in [0.05, 0.1) is 4.47 Å². The van der Waals surface area contributed by atoms with Crippen LogP contribution in [0.2, 0.25) is 0 Å². The van der Waals surface area contributed by atoms with E-state index in [1.807, 2.05) is 0 Å². The highest BCUT2D eigenvalue weighted by molar-refractivity contribution is 9.10. The highest BCUT2D eigenvalue weighted by atomic mass is 79.9. The summed E-state index contributed by atoms with van der Waals surface area (Å²) >= 11 is 3.13. The number of phenolic OH excluding ortho intramolecular Hbond substituents is 1. The molecule has 0 unspecified atom stereocenters. The lowest BCUT2D eigenvalue weighted by Gasteiger charge is -2.27. The summed E-state index contributed by atoms with van der Waals surface area (Å²) in [7, 11) is 0. The number of benzene rings is 1. The fourth-order valence-corrected chi connectivity index (χ4v) is 2.21. The average Bonchev–Trinajstić information content (AvgIpc) is 2.27. The van der Waals surface area contributed by atoms with Crippen LogP contribution in [0.4, 0.5) is 4.39 Å². The molecule has 1 fully saturated rings. The topological polar surface area (TPSA) is 35.5 Å². The molecule has 1 aliphatic heterocycles. The van der Waals surface area contributed by atoms with Gasteiger partial charge in [-0.15, -0.1) is 0 Å². The summed E-state index contributed by atoms with van der Waals surface area (Å²) in [4.78, 5) is 2.23. The first-order chi connectivity index (χ1) is 7.66. The zero-order valence-corrected chi connectivity index (χ0v) is 10.4. The number of phenols is 1. The first-order valence-corrected chi connectivity index (χ1v) is 6.06. The Hall–Kier alpha value is -0.650. The van der Waals surface area contributed by atoms with Crippen molar-refractivity contribution in [1.29, 1.82) is 0 Å².